The quantitative estimate of drug-likeness (QED) is 0.886. The van der Waals surface area contributed by atoms with E-state index in [0.29, 0.717) is 25.4 Å². The van der Waals surface area contributed by atoms with E-state index in [4.69, 9.17) is 4.74 Å². The van der Waals surface area contributed by atoms with Gasteiger partial charge >= 0.3 is 6.18 Å². The number of hydrogen-bond acceptors (Lipinski definition) is 4. The Labute approximate surface area is 126 Å². The van der Waals surface area contributed by atoms with Crippen molar-refractivity contribution in [3.63, 3.8) is 0 Å². The van der Waals surface area contributed by atoms with Gasteiger partial charge in [0.2, 0.25) is 0 Å². The van der Waals surface area contributed by atoms with Gasteiger partial charge in [-0.25, -0.2) is 0 Å². The van der Waals surface area contributed by atoms with Gasteiger partial charge in [-0.1, -0.05) is 12.1 Å². The van der Waals surface area contributed by atoms with Crippen molar-refractivity contribution in [3.05, 3.63) is 47.7 Å². The van der Waals surface area contributed by atoms with Gasteiger partial charge in [-0.05, 0) is 43.2 Å². The molecule has 118 valence electrons. The zero-order valence-corrected chi connectivity index (χ0v) is 12.0. The third-order valence-electron chi connectivity index (χ3n) is 2.88. The Hall–Kier alpha value is -2.31. The number of benzene rings is 1. The van der Waals surface area contributed by atoms with Gasteiger partial charge in [0.05, 0.1) is 6.61 Å². The van der Waals surface area contributed by atoms with Crippen molar-refractivity contribution in [2.24, 2.45) is 0 Å². The lowest BCUT2D eigenvalue weighted by molar-refractivity contribution is -0.141. The topological polar surface area (TPSA) is 47.0 Å². The van der Waals surface area contributed by atoms with Crippen molar-refractivity contribution in [1.29, 1.82) is 0 Å². The summed E-state index contributed by atoms with van der Waals surface area (Å²) in [6.07, 6.45) is -3.77. The van der Waals surface area contributed by atoms with Crippen molar-refractivity contribution in [2.75, 3.05) is 18.5 Å². The van der Waals surface area contributed by atoms with Gasteiger partial charge in [0.25, 0.3) is 0 Å². The molecule has 0 aliphatic carbocycles. The van der Waals surface area contributed by atoms with E-state index >= 15 is 0 Å². The summed E-state index contributed by atoms with van der Waals surface area (Å²) in [5, 5.41) is 9.62. The standard InChI is InChI=1S/C15H16F3N3O/c1-2-22-12-5-3-4-11(10-12)8-9-19-14-7-6-13(20-21-14)15(16,17)18/h3-7,10H,2,8-9H2,1H3,(H,19,21). The minimum atomic E-state index is -4.47. The maximum Gasteiger partial charge on any atom is 0.435 e. The van der Waals surface area contributed by atoms with E-state index in [1.807, 2.05) is 31.2 Å². The van der Waals surface area contributed by atoms with Crippen LogP contribution in [0, 0.1) is 0 Å². The molecule has 1 aromatic carbocycles. The molecule has 1 aromatic heterocycles. The van der Waals surface area contributed by atoms with Crippen LogP contribution < -0.4 is 10.1 Å². The summed E-state index contributed by atoms with van der Waals surface area (Å²) in [6, 6.07) is 9.85. The highest BCUT2D eigenvalue weighted by Crippen LogP contribution is 2.27. The SMILES string of the molecule is CCOc1cccc(CCNc2ccc(C(F)(F)F)nn2)c1. The molecule has 2 rings (SSSR count). The molecule has 0 amide bonds. The molecule has 0 saturated carbocycles. The number of nitrogens with zero attached hydrogens (tertiary/aromatic N) is 2. The molecular weight excluding hydrogens is 295 g/mol. The number of nitrogens with one attached hydrogen (secondary N) is 1. The Morgan fingerprint density at radius 2 is 1.95 bits per heavy atom. The average molecular weight is 311 g/mol. The zero-order valence-electron chi connectivity index (χ0n) is 12.0. The van der Waals surface area contributed by atoms with E-state index in [1.54, 1.807) is 0 Å². The maximum atomic E-state index is 12.4. The van der Waals surface area contributed by atoms with Crippen LogP contribution in [0.25, 0.3) is 0 Å². The third kappa shape index (κ3) is 4.61. The van der Waals surface area contributed by atoms with Crippen LogP contribution in [0.15, 0.2) is 36.4 Å². The molecule has 7 heteroatoms. The van der Waals surface area contributed by atoms with E-state index in [-0.39, 0.29) is 0 Å². The monoisotopic (exact) mass is 311 g/mol. The number of hydrogen-bond donors (Lipinski definition) is 1. The summed E-state index contributed by atoms with van der Waals surface area (Å²) >= 11 is 0. The normalized spacial score (nSPS) is 11.3. The second-order valence-corrected chi connectivity index (χ2v) is 4.56. The molecule has 0 spiro atoms. The highest BCUT2D eigenvalue weighted by molar-refractivity contribution is 5.34. The van der Waals surface area contributed by atoms with Crippen molar-refractivity contribution >= 4 is 5.82 Å². The van der Waals surface area contributed by atoms with Crippen molar-refractivity contribution < 1.29 is 17.9 Å². The third-order valence-corrected chi connectivity index (χ3v) is 2.88. The molecular formula is C15H16F3N3O. The Kier molecular flexibility index (Phi) is 5.19. The number of alkyl halides is 3. The van der Waals surface area contributed by atoms with Crippen LogP contribution in [0.3, 0.4) is 0 Å². The van der Waals surface area contributed by atoms with Gasteiger partial charge < -0.3 is 10.1 Å². The molecule has 0 aliphatic heterocycles. The fraction of sp³-hybridized carbons (Fsp3) is 0.333. The Balaban J connectivity index is 1.87. The lowest BCUT2D eigenvalue weighted by Crippen LogP contribution is -2.11. The first-order valence-electron chi connectivity index (χ1n) is 6.85. The summed E-state index contributed by atoms with van der Waals surface area (Å²) in [4.78, 5) is 0. The average Bonchev–Trinajstić information content (AvgIpc) is 2.48. The smallest absolute Gasteiger partial charge is 0.435 e. The summed E-state index contributed by atoms with van der Waals surface area (Å²) < 4.78 is 42.5. The minimum Gasteiger partial charge on any atom is -0.494 e. The Morgan fingerprint density at radius 3 is 2.59 bits per heavy atom. The fourth-order valence-corrected chi connectivity index (χ4v) is 1.87. The molecule has 4 nitrogen and oxygen atoms in total. The van der Waals surface area contributed by atoms with E-state index in [2.05, 4.69) is 15.5 Å². The highest BCUT2D eigenvalue weighted by atomic mass is 19.4. The van der Waals surface area contributed by atoms with Crippen LogP contribution in [0.5, 0.6) is 5.75 Å². The van der Waals surface area contributed by atoms with Crippen LogP contribution in [-0.4, -0.2) is 23.3 Å². The molecule has 0 unspecified atom stereocenters. The largest absolute Gasteiger partial charge is 0.494 e. The fourth-order valence-electron chi connectivity index (χ4n) is 1.87. The predicted octanol–water partition coefficient (Wildman–Crippen LogP) is 3.55. The molecule has 0 aliphatic rings. The minimum absolute atomic E-state index is 0.314. The van der Waals surface area contributed by atoms with Crippen LogP contribution in [0.1, 0.15) is 18.2 Å². The van der Waals surface area contributed by atoms with Gasteiger partial charge in [-0.3, -0.25) is 0 Å². The molecule has 1 N–H and O–H groups in total. The van der Waals surface area contributed by atoms with Crippen LogP contribution >= 0.6 is 0 Å². The van der Waals surface area contributed by atoms with Gasteiger partial charge in [0, 0.05) is 6.54 Å². The molecule has 1 heterocycles. The van der Waals surface area contributed by atoms with Crippen LogP contribution in [0.2, 0.25) is 0 Å². The van der Waals surface area contributed by atoms with E-state index < -0.39 is 11.9 Å². The van der Waals surface area contributed by atoms with Crippen molar-refractivity contribution in [2.45, 2.75) is 19.5 Å². The van der Waals surface area contributed by atoms with Crippen LogP contribution in [0.4, 0.5) is 19.0 Å². The first-order chi connectivity index (χ1) is 10.5. The summed E-state index contributed by atoms with van der Waals surface area (Å²) in [5.74, 6) is 1.11. The van der Waals surface area contributed by atoms with E-state index in [1.165, 1.54) is 6.07 Å². The first kappa shape index (κ1) is 16.1. The highest BCUT2D eigenvalue weighted by Gasteiger charge is 2.32. The number of anilines is 1. The van der Waals surface area contributed by atoms with Gasteiger partial charge in [-0.15, -0.1) is 10.2 Å². The summed E-state index contributed by atoms with van der Waals surface area (Å²) in [5.41, 5.74) is 0.0702. The molecule has 22 heavy (non-hydrogen) atoms. The molecule has 2 aromatic rings. The predicted molar refractivity (Wildman–Crippen MR) is 76.8 cm³/mol. The summed E-state index contributed by atoms with van der Waals surface area (Å²) in [6.45, 7) is 3.05. The molecule has 0 fully saturated rings. The molecule has 0 saturated heterocycles. The maximum absolute atomic E-state index is 12.4. The molecule has 0 atom stereocenters. The van der Waals surface area contributed by atoms with Crippen molar-refractivity contribution in [3.8, 4) is 5.75 Å². The van der Waals surface area contributed by atoms with Gasteiger partial charge in [0.15, 0.2) is 5.69 Å². The van der Waals surface area contributed by atoms with Crippen LogP contribution in [-0.2, 0) is 12.6 Å². The first-order valence-corrected chi connectivity index (χ1v) is 6.85. The van der Waals surface area contributed by atoms with Crippen molar-refractivity contribution in [1.82, 2.24) is 10.2 Å². The number of rotatable bonds is 6. The molecule has 0 radical (unpaired) electrons. The second kappa shape index (κ2) is 7.11. The molecule has 0 bridgehead atoms. The number of halogens is 3. The van der Waals surface area contributed by atoms with Gasteiger partial charge in [0.1, 0.15) is 11.6 Å². The number of ether oxygens (including phenoxy) is 1. The second-order valence-electron chi connectivity index (χ2n) is 4.56. The Bertz CT molecular complexity index is 600. The zero-order chi connectivity index (χ0) is 16.0. The lowest BCUT2D eigenvalue weighted by Gasteiger charge is -2.08. The number of aromatic nitrogens is 2. The summed E-state index contributed by atoms with van der Waals surface area (Å²) in [7, 11) is 0. The van der Waals surface area contributed by atoms with E-state index in [9.17, 15) is 13.2 Å². The Morgan fingerprint density at radius 1 is 1.14 bits per heavy atom. The lowest BCUT2D eigenvalue weighted by atomic mass is 10.1. The van der Waals surface area contributed by atoms with Gasteiger partial charge in [-0.2, -0.15) is 13.2 Å². The van der Waals surface area contributed by atoms with E-state index in [0.717, 1.165) is 17.4 Å².